The smallest absolute Gasteiger partial charge is 0.284 e. The van der Waals surface area contributed by atoms with Gasteiger partial charge in [-0.25, -0.2) is 0 Å². The van der Waals surface area contributed by atoms with Gasteiger partial charge in [0.05, 0.1) is 0 Å². The van der Waals surface area contributed by atoms with E-state index in [1.54, 1.807) is 13.8 Å². The Morgan fingerprint density at radius 2 is 1.93 bits per heavy atom. The van der Waals surface area contributed by atoms with E-state index in [2.05, 4.69) is 22.6 Å². The number of carbonyl (C=O) groups is 2. The summed E-state index contributed by atoms with van der Waals surface area (Å²) in [5.74, 6) is -0.556. The maximum absolute atomic E-state index is 10.1. The standard InChI is InChI=1S/C5H12N2.C5H9NO2/c1-7-4-2-6-3-5-7;1-4(2)6-5(8)3-7/h6H,2-5H2,1H3;3-4H,1-2H3,(H,6,8). The molecular weight excluding hydrogens is 194 g/mol. The Morgan fingerprint density at radius 3 is 2.13 bits per heavy atom. The highest BCUT2D eigenvalue weighted by Crippen LogP contribution is 1.83. The number of piperazine rings is 1. The Kier molecular flexibility index (Phi) is 7.85. The quantitative estimate of drug-likeness (QED) is 0.469. The average molecular weight is 215 g/mol. The van der Waals surface area contributed by atoms with E-state index in [1.807, 2.05) is 0 Å². The number of rotatable bonds is 2. The number of likely N-dealkylation sites (N-methyl/N-ethyl adjacent to an activating group) is 1. The first-order valence-corrected chi connectivity index (χ1v) is 5.21. The zero-order valence-electron chi connectivity index (χ0n) is 9.75. The van der Waals surface area contributed by atoms with Crippen molar-refractivity contribution in [3.05, 3.63) is 0 Å². The minimum Gasteiger partial charge on any atom is -0.348 e. The lowest BCUT2D eigenvalue weighted by Crippen LogP contribution is -2.40. The maximum atomic E-state index is 10.1. The van der Waals surface area contributed by atoms with Gasteiger partial charge in [-0.15, -0.1) is 0 Å². The first-order valence-electron chi connectivity index (χ1n) is 5.21. The number of aldehydes is 1. The van der Waals surface area contributed by atoms with Crippen molar-refractivity contribution in [1.29, 1.82) is 0 Å². The Bertz CT molecular complexity index is 189. The lowest BCUT2D eigenvalue weighted by molar-refractivity contribution is -0.131. The highest BCUT2D eigenvalue weighted by molar-refractivity contribution is 6.23. The van der Waals surface area contributed by atoms with Crippen LogP contribution in [0.2, 0.25) is 0 Å². The van der Waals surface area contributed by atoms with Crippen LogP contribution in [0.1, 0.15) is 13.8 Å². The van der Waals surface area contributed by atoms with E-state index < -0.39 is 5.91 Å². The van der Waals surface area contributed by atoms with Crippen molar-refractivity contribution in [3.8, 4) is 0 Å². The Balaban J connectivity index is 0.000000262. The van der Waals surface area contributed by atoms with Crippen LogP contribution in [-0.2, 0) is 9.59 Å². The van der Waals surface area contributed by atoms with E-state index in [-0.39, 0.29) is 12.3 Å². The molecule has 0 spiro atoms. The summed E-state index contributed by atoms with van der Waals surface area (Å²) >= 11 is 0. The molecule has 1 fully saturated rings. The van der Waals surface area contributed by atoms with Gasteiger partial charge < -0.3 is 15.5 Å². The molecule has 0 aliphatic carbocycles. The molecule has 0 aromatic heterocycles. The molecule has 0 saturated carbocycles. The summed E-state index contributed by atoms with van der Waals surface area (Å²) in [7, 11) is 2.15. The summed E-state index contributed by atoms with van der Waals surface area (Å²) in [5, 5.41) is 5.66. The van der Waals surface area contributed by atoms with Gasteiger partial charge in [-0.3, -0.25) is 9.59 Å². The summed E-state index contributed by atoms with van der Waals surface area (Å²) in [6.07, 6.45) is 0.264. The molecule has 15 heavy (non-hydrogen) atoms. The van der Waals surface area contributed by atoms with Gasteiger partial charge in [0.25, 0.3) is 5.91 Å². The van der Waals surface area contributed by atoms with Crippen LogP contribution in [-0.4, -0.2) is 56.4 Å². The minimum absolute atomic E-state index is 0.0488. The van der Waals surface area contributed by atoms with Crippen LogP contribution < -0.4 is 10.6 Å². The van der Waals surface area contributed by atoms with Crippen LogP contribution in [0.25, 0.3) is 0 Å². The Hall–Kier alpha value is -0.940. The third-order valence-corrected chi connectivity index (χ3v) is 1.88. The fourth-order valence-electron chi connectivity index (χ4n) is 1.10. The molecule has 0 radical (unpaired) electrons. The molecule has 0 aromatic rings. The number of nitrogens with one attached hydrogen (secondary N) is 2. The summed E-state index contributed by atoms with van der Waals surface area (Å²) in [6, 6.07) is 0.0488. The Labute approximate surface area is 91.2 Å². The minimum atomic E-state index is -0.556. The molecule has 1 saturated heterocycles. The van der Waals surface area contributed by atoms with Crippen LogP contribution in [0.5, 0.6) is 0 Å². The van der Waals surface area contributed by atoms with Crippen molar-refractivity contribution < 1.29 is 9.59 Å². The third-order valence-electron chi connectivity index (χ3n) is 1.88. The maximum Gasteiger partial charge on any atom is 0.284 e. The fourth-order valence-corrected chi connectivity index (χ4v) is 1.10. The second-order valence-corrected chi connectivity index (χ2v) is 3.83. The Morgan fingerprint density at radius 1 is 1.40 bits per heavy atom. The molecule has 0 bridgehead atoms. The number of hydrogen-bond acceptors (Lipinski definition) is 4. The topological polar surface area (TPSA) is 61.4 Å². The molecule has 1 aliphatic heterocycles. The lowest BCUT2D eigenvalue weighted by atomic mass is 10.4. The molecule has 5 nitrogen and oxygen atoms in total. The van der Waals surface area contributed by atoms with Gasteiger partial charge >= 0.3 is 0 Å². The highest BCUT2D eigenvalue weighted by atomic mass is 16.2. The van der Waals surface area contributed by atoms with E-state index in [1.165, 1.54) is 13.1 Å². The van der Waals surface area contributed by atoms with Gasteiger partial charge in [-0.05, 0) is 20.9 Å². The first kappa shape index (κ1) is 14.1. The molecule has 1 heterocycles. The van der Waals surface area contributed by atoms with Crippen molar-refractivity contribution in [2.45, 2.75) is 19.9 Å². The molecular formula is C10H21N3O2. The van der Waals surface area contributed by atoms with E-state index in [4.69, 9.17) is 0 Å². The van der Waals surface area contributed by atoms with Crippen molar-refractivity contribution >= 4 is 12.2 Å². The highest BCUT2D eigenvalue weighted by Gasteiger charge is 2.01. The summed E-state index contributed by atoms with van der Waals surface area (Å²) in [5.41, 5.74) is 0. The van der Waals surface area contributed by atoms with Gasteiger partial charge in [-0.1, -0.05) is 0 Å². The number of hydrogen-bond donors (Lipinski definition) is 2. The predicted octanol–water partition coefficient (Wildman–Crippen LogP) is -0.769. The van der Waals surface area contributed by atoms with Gasteiger partial charge in [-0.2, -0.15) is 0 Å². The monoisotopic (exact) mass is 215 g/mol. The van der Waals surface area contributed by atoms with Gasteiger partial charge in [0, 0.05) is 32.2 Å². The second kappa shape index (κ2) is 8.38. The second-order valence-electron chi connectivity index (χ2n) is 3.83. The van der Waals surface area contributed by atoms with Crippen LogP contribution in [0, 0.1) is 0 Å². The van der Waals surface area contributed by atoms with Gasteiger partial charge in [0.15, 0.2) is 0 Å². The van der Waals surface area contributed by atoms with E-state index in [9.17, 15) is 9.59 Å². The summed E-state index contributed by atoms with van der Waals surface area (Å²) in [6.45, 7) is 8.33. The molecule has 0 aromatic carbocycles. The van der Waals surface area contributed by atoms with E-state index >= 15 is 0 Å². The lowest BCUT2D eigenvalue weighted by Gasteiger charge is -2.21. The van der Waals surface area contributed by atoms with Gasteiger partial charge in [0.2, 0.25) is 6.29 Å². The molecule has 5 heteroatoms. The number of amides is 1. The first-order chi connectivity index (χ1) is 7.06. The normalized spacial score (nSPS) is 16.5. The van der Waals surface area contributed by atoms with Gasteiger partial charge in [0.1, 0.15) is 0 Å². The van der Waals surface area contributed by atoms with Crippen LogP contribution in [0.3, 0.4) is 0 Å². The molecule has 2 N–H and O–H groups in total. The van der Waals surface area contributed by atoms with E-state index in [0.717, 1.165) is 13.1 Å². The fraction of sp³-hybridized carbons (Fsp3) is 0.800. The number of carbonyl (C=O) groups excluding carboxylic acids is 2. The summed E-state index contributed by atoms with van der Waals surface area (Å²) in [4.78, 5) is 22.1. The third kappa shape index (κ3) is 9.37. The molecule has 0 atom stereocenters. The molecule has 88 valence electrons. The zero-order valence-corrected chi connectivity index (χ0v) is 9.75. The molecule has 1 amide bonds. The molecule has 1 aliphatic rings. The zero-order chi connectivity index (χ0) is 11.7. The summed E-state index contributed by atoms with van der Waals surface area (Å²) < 4.78 is 0. The van der Waals surface area contributed by atoms with Crippen molar-refractivity contribution in [1.82, 2.24) is 15.5 Å². The largest absolute Gasteiger partial charge is 0.348 e. The van der Waals surface area contributed by atoms with Crippen molar-refractivity contribution in [3.63, 3.8) is 0 Å². The molecule has 0 unspecified atom stereocenters. The van der Waals surface area contributed by atoms with Crippen LogP contribution in [0.15, 0.2) is 0 Å². The predicted molar refractivity (Wildman–Crippen MR) is 59.7 cm³/mol. The van der Waals surface area contributed by atoms with Crippen molar-refractivity contribution in [2.75, 3.05) is 33.2 Å². The molecule has 1 rings (SSSR count). The average Bonchev–Trinajstić information content (AvgIpc) is 2.19. The number of nitrogens with zero attached hydrogens (tertiary/aromatic N) is 1. The van der Waals surface area contributed by atoms with Crippen LogP contribution in [0.4, 0.5) is 0 Å². The SMILES string of the molecule is CC(C)NC(=O)C=O.CN1CCNCC1. The van der Waals surface area contributed by atoms with Crippen LogP contribution >= 0.6 is 0 Å². The van der Waals surface area contributed by atoms with E-state index in [0.29, 0.717) is 0 Å². The van der Waals surface area contributed by atoms with Crippen molar-refractivity contribution in [2.24, 2.45) is 0 Å².